The number of pyridine rings is 1. The summed E-state index contributed by atoms with van der Waals surface area (Å²) in [5, 5.41) is 12.9. The number of ether oxygens (including phenoxy) is 1. The lowest BCUT2D eigenvalue weighted by molar-refractivity contribution is 0.0694. The van der Waals surface area contributed by atoms with E-state index in [9.17, 15) is 19.5 Å². The maximum absolute atomic E-state index is 12.8. The van der Waals surface area contributed by atoms with Gasteiger partial charge in [-0.05, 0) is 31.0 Å². The number of hydrogen-bond donors (Lipinski definition) is 2. The summed E-state index contributed by atoms with van der Waals surface area (Å²) in [4.78, 5) is 38.4. The highest BCUT2D eigenvalue weighted by atomic mass is 35.5. The van der Waals surface area contributed by atoms with Gasteiger partial charge < -0.3 is 19.7 Å². The fourth-order valence-electron chi connectivity index (χ4n) is 3.93. The van der Waals surface area contributed by atoms with E-state index in [1.165, 1.54) is 17.5 Å². The van der Waals surface area contributed by atoms with E-state index in [1.54, 1.807) is 19.2 Å². The molecule has 0 bridgehead atoms. The highest BCUT2D eigenvalue weighted by Gasteiger charge is 2.30. The van der Waals surface area contributed by atoms with Crippen LogP contribution >= 0.6 is 23.7 Å². The molecular weight excluding hydrogens is 428 g/mol. The first-order valence-corrected chi connectivity index (χ1v) is 10.2. The molecule has 5 rings (SSSR count). The number of thiophene rings is 1. The first-order valence-electron chi connectivity index (χ1n) is 9.35. The second kappa shape index (κ2) is 7.54. The van der Waals surface area contributed by atoms with Crippen molar-refractivity contribution in [2.24, 2.45) is 0 Å². The fourth-order valence-corrected chi connectivity index (χ4v) is 5.10. The second-order valence-electron chi connectivity index (χ2n) is 7.33. The van der Waals surface area contributed by atoms with Crippen LogP contribution in [0, 0.1) is 0 Å². The van der Waals surface area contributed by atoms with Crippen molar-refractivity contribution in [2.45, 2.75) is 25.4 Å². The second-order valence-corrected chi connectivity index (χ2v) is 8.47. The number of benzene rings is 1. The van der Waals surface area contributed by atoms with Crippen LogP contribution in [-0.4, -0.2) is 35.1 Å². The molecule has 1 fully saturated rings. The van der Waals surface area contributed by atoms with Gasteiger partial charge in [-0.1, -0.05) is 0 Å². The van der Waals surface area contributed by atoms with Gasteiger partial charge in [-0.25, -0.2) is 4.79 Å². The van der Waals surface area contributed by atoms with E-state index in [0.717, 1.165) is 33.7 Å². The molecule has 0 spiro atoms. The standard InChI is InChI=1S/C21H18N2O5S.ClH/c1-28-20-11(16-6-13-15(24)7-22-8-17(13)29-16)4-5-12-18(20)23(10-2-3-10)9-14(19(12)25)21(26)27;/h4-6,9-10,22H,2-3,7-8H2,1H3,(H,26,27);1H. The van der Waals surface area contributed by atoms with Gasteiger partial charge in [0, 0.05) is 39.7 Å². The highest BCUT2D eigenvalue weighted by molar-refractivity contribution is 7.16. The normalized spacial score (nSPS) is 15.6. The number of aromatic carboxylic acids is 1. The van der Waals surface area contributed by atoms with Crippen LogP contribution in [0.3, 0.4) is 0 Å². The van der Waals surface area contributed by atoms with E-state index in [-0.39, 0.29) is 29.8 Å². The number of carbonyl (C=O) groups excluding carboxylic acids is 1. The van der Waals surface area contributed by atoms with E-state index in [1.807, 2.05) is 10.6 Å². The molecule has 0 saturated heterocycles. The Labute approximate surface area is 181 Å². The van der Waals surface area contributed by atoms with Gasteiger partial charge in [-0.2, -0.15) is 0 Å². The quantitative estimate of drug-likeness (QED) is 0.636. The summed E-state index contributed by atoms with van der Waals surface area (Å²) in [6.45, 7) is 0.980. The van der Waals surface area contributed by atoms with Crippen LogP contribution < -0.4 is 15.5 Å². The van der Waals surface area contributed by atoms with Gasteiger partial charge in [0.05, 0.1) is 24.6 Å². The minimum Gasteiger partial charge on any atom is -0.494 e. The molecule has 2 aliphatic rings. The van der Waals surface area contributed by atoms with Crippen molar-refractivity contribution in [2.75, 3.05) is 13.7 Å². The maximum Gasteiger partial charge on any atom is 0.341 e. The Bertz CT molecular complexity index is 1260. The number of methoxy groups -OCH3 is 1. The number of Topliss-reactive ketones (excluding diaryl/α,β-unsaturated/α-hetero) is 1. The molecule has 2 aromatic heterocycles. The van der Waals surface area contributed by atoms with Crippen molar-refractivity contribution < 1.29 is 19.4 Å². The number of rotatable bonds is 4. The Kier molecular flexibility index (Phi) is 5.17. The number of fused-ring (bicyclic) bond motifs is 2. The molecule has 9 heteroatoms. The Morgan fingerprint density at radius 2 is 2.00 bits per heavy atom. The molecule has 0 unspecified atom stereocenters. The first-order chi connectivity index (χ1) is 14.0. The summed E-state index contributed by atoms with van der Waals surface area (Å²) in [7, 11) is 1.55. The lowest BCUT2D eigenvalue weighted by Crippen LogP contribution is -2.28. The Balaban J connectivity index is 0.00000218. The molecule has 1 saturated carbocycles. The average Bonchev–Trinajstić information content (AvgIpc) is 3.45. The van der Waals surface area contributed by atoms with Gasteiger partial charge in [-0.15, -0.1) is 23.7 Å². The molecule has 0 amide bonds. The van der Waals surface area contributed by atoms with Gasteiger partial charge in [0.1, 0.15) is 5.56 Å². The zero-order valence-electron chi connectivity index (χ0n) is 16.1. The molecule has 3 heterocycles. The van der Waals surface area contributed by atoms with Crippen molar-refractivity contribution in [3.8, 4) is 16.2 Å². The molecule has 0 radical (unpaired) electrons. The summed E-state index contributed by atoms with van der Waals surface area (Å²) >= 11 is 1.53. The monoisotopic (exact) mass is 446 g/mol. The Morgan fingerprint density at radius 3 is 2.63 bits per heavy atom. The summed E-state index contributed by atoms with van der Waals surface area (Å²) < 4.78 is 7.61. The fraction of sp³-hybridized carbons (Fsp3) is 0.286. The number of carbonyl (C=O) groups is 2. The van der Waals surface area contributed by atoms with Crippen LogP contribution in [0.15, 0.2) is 29.2 Å². The van der Waals surface area contributed by atoms with Crippen molar-refractivity contribution in [1.29, 1.82) is 0 Å². The lowest BCUT2D eigenvalue weighted by Gasteiger charge is -2.17. The molecule has 2 N–H and O–H groups in total. The third kappa shape index (κ3) is 3.12. The van der Waals surface area contributed by atoms with Crippen LogP contribution in [0.4, 0.5) is 0 Å². The van der Waals surface area contributed by atoms with Gasteiger partial charge in [0.15, 0.2) is 11.5 Å². The number of hydrogen-bond acceptors (Lipinski definition) is 6. The molecule has 3 aromatic rings. The Hall–Kier alpha value is -2.68. The summed E-state index contributed by atoms with van der Waals surface area (Å²) in [6.07, 6.45) is 3.29. The zero-order valence-corrected chi connectivity index (χ0v) is 17.7. The summed E-state index contributed by atoms with van der Waals surface area (Å²) in [5.41, 5.74) is 1.38. The predicted molar refractivity (Wildman–Crippen MR) is 117 cm³/mol. The molecule has 30 heavy (non-hydrogen) atoms. The zero-order chi connectivity index (χ0) is 20.3. The molecule has 1 aliphatic heterocycles. The summed E-state index contributed by atoms with van der Waals surface area (Å²) in [5.74, 6) is -0.636. The third-order valence-corrected chi connectivity index (χ3v) is 6.64. The highest BCUT2D eigenvalue weighted by Crippen LogP contribution is 2.44. The predicted octanol–water partition coefficient (Wildman–Crippen LogP) is 3.48. The smallest absolute Gasteiger partial charge is 0.341 e. The first kappa shape index (κ1) is 20.6. The van der Waals surface area contributed by atoms with E-state index in [0.29, 0.717) is 29.7 Å². The Morgan fingerprint density at radius 1 is 1.23 bits per heavy atom. The number of nitrogens with one attached hydrogen (secondary N) is 1. The van der Waals surface area contributed by atoms with Gasteiger partial charge >= 0.3 is 5.97 Å². The van der Waals surface area contributed by atoms with Crippen molar-refractivity contribution in [3.63, 3.8) is 0 Å². The van der Waals surface area contributed by atoms with Crippen LogP contribution in [-0.2, 0) is 6.54 Å². The number of ketones is 1. The number of carboxylic acids is 1. The number of halogens is 1. The van der Waals surface area contributed by atoms with Crippen molar-refractivity contribution in [1.82, 2.24) is 9.88 Å². The van der Waals surface area contributed by atoms with Crippen molar-refractivity contribution in [3.05, 3.63) is 50.6 Å². The van der Waals surface area contributed by atoms with Crippen LogP contribution in [0.25, 0.3) is 21.3 Å². The maximum atomic E-state index is 12.8. The van der Waals surface area contributed by atoms with Crippen LogP contribution in [0.1, 0.15) is 44.5 Å². The molecule has 156 valence electrons. The van der Waals surface area contributed by atoms with E-state index >= 15 is 0 Å². The van der Waals surface area contributed by atoms with E-state index < -0.39 is 11.4 Å². The van der Waals surface area contributed by atoms with Crippen LogP contribution in [0.2, 0.25) is 0 Å². The summed E-state index contributed by atoms with van der Waals surface area (Å²) in [6, 6.07) is 5.49. The largest absolute Gasteiger partial charge is 0.494 e. The number of carboxylic acid groups (broad SMARTS) is 1. The minimum atomic E-state index is -1.23. The molecule has 0 atom stereocenters. The molecular formula is C21H19ClN2O5S. The SMILES string of the molecule is COc1c(-c2cc3c(s2)CNCC3=O)ccc2c(=O)c(C(=O)O)cn(C3CC3)c12.Cl. The van der Waals surface area contributed by atoms with Crippen LogP contribution in [0.5, 0.6) is 5.75 Å². The van der Waals surface area contributed by atoms with E-state index in [2.05, 4.69) is 5.32 Å². The van der Waals surface area contributed by atoms with Crippen molar-refractivity contribution >= 4 is 46.4 Å². The topological polar surface area (TPSA) is 97.6 Å². The lowest BCUT2D eigenvalue weighted by atomic mass is 10.0. The van der Waals surface area contributed by atoms with Gasteiger partial charge in [0.25, 0.3) is 0 Å². The van der Waals surface area contributed by atoms with Gasteiger partial charge in [0.2, 0.25) is 5.43 Å². The molecule has 1 aromatic carbocycles. The van der Waals surface area contributed by atoms with E-state index in [4.69, 9.17) is 4.74 Å². The number of nitrogens with zero attached hydrogens (tertiary/aromatic N) is 1. The number of aromatic nitrogens is 1. The molecule has 1 aliphatic carbocycles. The van der Waals surface area contributed by atoms with Gasteiger partial charge in [-0.3, -0.25) is 9.59 Å². The minimum absolute atomic E-state index is 0. The molecule has 7 nitrogen and oxygen atoms in total. The third-order valence-electron chi connectivity index (χ3n) is 5.47. The average molecular weight is 447 g/mol.